The van der Waals surface area contributed by atoms with Crippen LogP contribution in [0.4, 0.5) is 10.1 Å². The van der Waals surface area contributed by atoms with Gasteiger partial charge < -0.3 is 4.74 Å². The van der Waals surface area contributed by atoms with Crippen molar-refractivity contribution in [1.82, 2.24) is 0 Å². The van der Waals surface area contributed by atoms with Crippen LogP contribution in [-0.2, 0) is 10.0 Å². The average Bonchev–Trinajstić information content (AvgIpc) is 2.49. The van der Waals surface area contributed by atoms with Crippen molar-refractivity contribution < 1.29 is 17.5 Å². The van der Waals surface area contributed by atoms with Crippen molar-refractivity contribution in [2.24, 2.45) is 0 Å². The molecule has 0 radical (unpaired) electrons. The van der Waals surface area contributed by atoms with Gasteiger partial charge in [0, 0.05) is 6.07 Å². The Morgan fingerprint density at radius 1 is 1.24 bits per heavy atom. The van der Waals surface area contributed by atoms with Crippen LogP contribution in [0.3, 0.4) is 0 Å². The standard InChI is InChI=1S/C14H11FN2O3S/c1-20-13-8-11(6-7-12(13)15)17-21(18,19)14-5-3-2-4-10(14)9-16/h2-8,17H,1H3. The summed E-state index contributed by atoms with van der Waals surface area (Å²) in [5.41, 5.74) is 0.167. The number of nitriles is 1. The Hall–Kier alpha value is -2.59. The first kappa shape index (κ1) is 14.8. The number of ether oxygens (including phenoxy) is 1. The molecule has 0 fully saturated rings. The third-order valence-electron chi connectivity index (χ3n) is 2.70. The van der Waals surface area contributed by atoms with Crippen molar-refractivity contribution in [3.8, 4) is 11.8 Å². The molecular weight excluding hydrogens is 295 g/mol. The summed E-state index contributed by atoms with van der Waals surface area (Å²) in [7, 11) is -2.66. The Labute approximate surface area is 121 Å². The first-order chi connectivity index (χ1) is 9.97. The van der Waals surface area contributed by atoms with Gasteiger partial charge in [-0.05, 0) is 24.3 Å². The minimum Gasteiger partial charge on any atom is -0.494 e. The van der Waals surface area contributed by atoms with Gasteiger partial charge in [-0.3, -0.25) is 4.72 Å². The molecule has 0 heterocycles. The van der Waals surface area contributed by atoms with E-state index in [1.165, 1.54) is 37.4 Å². The van der Waals surface area contributed by atoms with E-state index < -0.39 is 15.8 Å². The van der Waals surface area contributed by atoms with Crippen LogP contribution >= 0.6 is 0 Å². The highest BCUT2D eigenvalue weighted by atomic mass is 32.2. The molecule has 0 spiro atoms. The van der Waals surface area contributed by atoms with Crippen LogP contribution in [0, 0.1) is 17.1 Å². The molecule has 0 atom stereocenters. The second-order valence-electron chi connectivity index (χ2n) is 4.06. The Morgan fingerprint density at radius 3 is 2.62 bits per heavy atom. The van der Waals surface area contributed by atoms with E-state index in [0.717, 1.165) is 6.07 Å². The zero-order chi connectivity index (χ0) is 15.5. The van der Waals surface area contributed by atoms with E-state index >= 15 is 0 Å². The fourth-order valence-electron chi connectivity index (χ4n) is 1.73. The van der Waals surface area contributed by atoms with Crippen LogP contribution in [0.5, 0.6) is 5.75 Å². The molecular formula is C14H11FN2O3S. The molecule has 0 aliphatic rings. The molecule has 5 nitrogen and oxygen atoms in total. The Bertz CT molecular complexity index is 813. The Morgan fingerprint density at radius 2 is 1.95 bits per heavy atom. The monoisotopic (exact) mass is 306 g/mol. The van der Waals surface area contributed by atoms with Crippen molar-refractivity contribution in [2.45, 2.75) is 4.90 Å². The molecule has 0 aromatic heterocycles. The number of anilines is 1. The molecule has 0 aliphatic carbocycles. The zero-order valence-corrected chi connectivity index (χ0v) is 11.8. The minimum atomic E-state index is -3.94. The predicted octanol–water partition coefficient (Wildman–Crippen LogP) is 2.51. The number of nitrogens with zero attached hydrogens (tertiary/aromatic N) is 1. The van der Waals surface area contributed by atoms with Crippen LogP contribution in [0.25, 0.3) is 0 Å². The second-order valence-corrected chi connectivity index (χ2v) is 5.71. The van der Waals surface area contributed by atoms with Gasteiger partial charge in [0.25, 0.3) is 10.0 Å². The van der Waals surface area contributed by atoms with Crippen molar-refractivity contribution in [3.63, 3.8) is 0 Å². The van der Waals surface area contributed by atoms with Gasteiger partial charge in [0.15, 0.2) is 11.6 Å². The smallest absolute Gasteiger partial charge is 0.263 e. The molecule has 21 heavy (non-hydrogen) atoms. The summed E-state index contributed by atoms with van der Waals surface area (Å²) in [4.78, 5) is -0.143. The van der Waals surface area contributed by atoms with E-state index in [4.69, 9.17) is 10.00 Å². The maximum absolute atomic E-state index is 13.3. The van der Waals surface area contributed by atoms with Crippen LogP contribution in [0.15, 0.2) is 47.4 Å². The summed E-state index contributed by atoms with van der Waals surface area (Å²) < 4.78 is 44.9. The molecule has 0 amide bonds. The first-order valence-electron chi connectivity index (χ1n) is 5.83. The van der Waals surface area contributed by atoms with Crippen molar-refractivity contribution in [2.75, 3.05) is 11.8 Å². The van der Waals surface area contributed by atoms with Gasteiger partial charge in [-0.15, -0.1) is 0 Å². The van der Waals surface area contributed by atoms with E-state index in [9.17, 15) is 12.8 Å². The van der Waals surface area contributed by atoms with Gasteiger partial charge in [0.1, 0.15) is 11.0 Å². The van der Waals surface area contributed by atoms with E-state index in [1.54, 1.807) is 6.07 Å². The van der Waals surface area contributed by atoms with Gasteiger partial charge in [-0.1, -0.05) is 12.1 Å². The number of hydrogen-bond acceptors (Lipinski definition) is 4. The number of sulfonamides is 1. The SMILES string of the molecule is COc1cc(NS(=O)(=O)c2ccccc2C#N)ccc1F. The van der Waals surface area contributed by atoms with Gasteiger partial charge in [0.2, 0.25) is 0 Å². The van der Waals surface area contributed by atoms with E-state index in [0.29, 0.717) is 0 Å². The lowest BCUT2D eigenvalue weighted by Crippen LogP contribution is -2.14. The second kappa shape index (κ2) is 5.81. The van der Waals surface area contributed by atoms with Crippen LogP contribution < -0.4 is 9.46 Å². The van der Waals surface area contributed by atoms with Gasteiger partial charge in [0.05, 0.1) is 18.4 Å². The van der Waals surface area contributed by atoms with Crippen molar-refractivity contribution >= 4 is 15.7 Å². The topological polar surface area (TPSA) is 79.2 Å². The molecule has 7 heteroatoms. The van der Waals surface area contributed by atoms with E-state index in [1.807, 2.05) is 6.07 Å². The average molecular weight is 306 g/mol. The summed E-state index contributed by atoms with van der Waals surface area (Å²) >= 11 is 0. The molecule has 0 saturated carbocycles. The molecule has 2 aromatic rings. The van der Waals surface area contributed by atoms with Gasteiger partial charge in [-0.25, -0.2) is 12.8 Å². The lowest BCUT2D eigenvalue weighted by molar-refractivity contribution is 0.387. The number of hydrogen-bond donors (Lipinski definition) is 1. The third kappa shape index (κ3) is 3.12. The first-order valence-corrected chi connectivity index (χ1v) is 7.32. The van der Waals surface area contributed by atoms with Crippen LogP contribution in [0.1, 0.15) is 5.56 Å². The highest BCUT2D eigenvalue weighted by molar-refractivity contribution is 7.92. The van der Waals surface area contributed by atoms with E-state index in [-0.39, 0.29) is 21.9 Å². The number of halogens is 1. The molecule has 0 unspecified atom stereocenters. The summed E-state index contributed by atoms with van der Waals surface area (Å²) in [6.45, 7) is 0. The van der Waals surface area contributed by atoms with Crippen LogP contribution in [0.2, 0.25) is 0 Å². The lowest BCUT2D eigenvalue weighted by atomic mass is 10.2. The number of nitrogens with one attached hydrogen (secondary N) is 1. The fraction of sp³-hybridized carbons (Fsp3) is 0.0714. The Kier molecular flexibility index (Phi) is 4.10. The number of benzene rings is 2. The quantitative estimate of drug-likeness (QED) is 0.941. The summed E-state index contributed by atoms with van der Waals surface area (Å²) in [5.74, 6) is -0.679. The third-order valence-corrected chi connectivity index (χ3v) is 4.14. The van der Waals surface area contributed by atoms with E-state index in [2.05, 4.69) is 4.72 Å². The molecule has 0 bridgehead atoms. The largest absolute Gasteiger partial charge is 0.494 e. The normalized spacial score (nSPS) is 10.7. The molecule has 0 aliphatic heterocycles. The van der Waals surface area contributed by atoms with Crippen molar-refractivity contribution in [1.29, 1.82) is 5.26 Å². The van der Waals surface area contributed by atoms with Gasteiger partial charge in [-0.2, -0.15) is 5.26 Å². The van der Waals surface area contributed by atoms with Crippen LogP contribution in [-0.4, -0.2) is 15.5 Å². The molecule has 0 saturated heterocycles. The highest BCUT2D eigenvalue weighted by Crippen LogP contribution is 2.24. The maximum atomic E-state index is 13.3. The number of methoxy groups -OCH3 is 1. The predicted molar refractivity (Wildman–Crippen MR) is 74.9 cm³/mol. The summed E-state index contributed by atoms with van der Waals surface area (Å²) in [6, 6.07) is 11.2. The van der Waals surface area contributed by atoms with Crippen molar-refractivity contribution in [3.05, 3.63) is 53.8 Å². The molecule has 2 rings (SSSR count). The summed E-state index contributed by atoms with van der Waals surface area (Å²) in [6.07, 6.45) is 0. The van der Waals surface area contributed by atoms with Gasteiger partial charge >= 0.3 is 0 Å². The summed E-state index contributed by atoms with van der Waals surface area (Å²) in [5, 5.41) is 8.95. The molecule has 1 N–H and O–H groups in total. The zero-order valence-electron chi connectivity index (χ0n) is 11.0. The maximum Gasteiger partial charge on any atom is 0.263 e. The highest BCUT2D eigenvalue weighted by Gasteiger charge is 2.18. The minimum absolute atomic E-state index is 0.0269. The molecule has 108 valence electrons. The Balaban J connectivity index is 2.40. The fourth-order valence-corrected chi connectivity index (χ4v) is 2.93. The molecule has 2 aromatic carbocycles. The lowest BCUT2D eigenvalue weighted by Gasteiger charge is -2.10. The number of rotatable bonds is 4.